The number of ketones is 1. The number of carbonyl (C=O) groups excluding carboxylic acids is 1. The molecule has 2 heteroatoms. The third-order valence-corrected chi connectivity index (χ3v) is 9.03. The fourth-order valence-corrected chi connectivity index (χ4v) is 6.84. The Kier molecular flexibility index (Phi) is 4.12. The van der Waals surface area contributed by atoms with Crippen molar-refractivity contribution in [2.24, 2.45) is 0 Å². The highest BCUT2D eigenvalue weighted by Crippen LogP contribution is 2.41. The quantitative estimate of drug-likeness (QED) is 0.606. The van der Waals surface area contributed by atoms with Gasteiger partial charge in [-0.25, -0.2) is 0 Å². The number of allylic oxidation sites excluding steroid dienone is 1. The first-order chi connectivity index (χ1) is 10.6. The van der Waals surface area contributed by atoms with Crippen LogP contribution in [0.5, 0.6) is 0 Å². The maximum atomic E-state index is 12.4. The van der Waals surface area contributed by atoms with Crippen LogP contribution in [0.3, 0.4) is 0 Å². The fourth-order valence-electron chi connectivity index (χ4n) is 3.50. The minimum atomic E-state index is -1.69. The van der Waals surface area contributed by atoms with Crippen LogP contribution in [-0.4, -0.2) is 13.9 Å². The predicted molar refractivity (Wildman–Crippen MR) is 96.0 cm³/mol. The van der Waals surface area contributed by atoms with Crippen LogP contribution in [0.25, 0.3) is 6.08 Å². The summed E-state index contributed by atoms with van der Waals surface area (Å²) >= 11 is 0. The smallest absolute Gasteiger partial charge is 0.158 e. The van der Waals surface area contributed by atoms with Crippen molar-refractivity contribution in [3.63, 3.8) is 0 Å². The molecule has 1 fully saturated rings. The zero-order chi connectivity index (χ0) is 15.6. The molecular formula is C20H22OSi. The predicted octanol–water partition coefficient (Wildman–Crippen LogP) is 4.42. The molecular weight excluding hydrogens is 284 g/mol. The van der Waals surface area contributed by atoms with Crippen LogP contribution < -0.4 is 5.19 Å². The van der Waals surface area contributed by atoms with Crippen LogP contribution in [0.1, 0.15) is 18.4 Å². The Morgan fingerprint density at radius 2 is 1.55 bits per heavy atom. The molecule has 0 bridgehead atoms. The van der Waals surface area contributed by atoms with Crippen molar-refractivity contribution in [1.82, 2.24) is 0 Å². The Morgan fingerprint density at radius 1 is 0.955 bits per heavy atom. The van der Waals surface area contributed by atoms with Gasteiger partial charge in [0.15, 0.2) is 5.78 Å². The zero-order valence-electron chi connectivity index (χ0n) is 13.3. The lowest BCUT2D eigenvalue weighted by Crippen LogP contribution is -2.45. The molecule has 0 amide bonds. The number of hydrogen-bond acceptors (Lipinski definition) is 1. The van der Waals surface area contributed by atoms with Gasteiger partial charge in [0.25, 0.3) is 0 Å². The lowest BCUT2D eigenvalue weighted by molar-refractivity contribution is -0.114. The van der Waals surface area contributed by atoms with Crippen LogP contribution in [0.2, 0.25) is 18.6 Å². The van der Waals surface area contributed by atoms with E-state index in [4.69, 9.17) is 0 Å². The molecule has 0 N–H and O–H groups in total. The third kappa shape index (κ3) is 2.84. The van der Waals surface area contributed by atoms with Crippen LogP contribution in [0.15, 0.2) is 66.2 Å². The van der Waals surface area contributed by atoms with Crippen LogP contribution >= 0.6 is 0 Å². The highest BCUT2D eigenvalue weighted by atomic mass is 28.3. The van der Waals surface area contributed by atoms with Crippen molar-refractivity contribution in [2.75, 3.05) is 0 Å². The van der Waals surface area contributed by atoms with Crippen LogP contribution in [0, 0.1) is 0 Å². The molecule has 22 heavy (non-hydrogen) atoms. The molecule has 1 saturated carbocycles. The average Bonchev–Trinajstić information content (AvgIpc) is 2.91. The molecule has 1 atom stereocenters. The maximum Gasteiger partial charge on any atom is 0.158 e. The molecule has 2 aromatic rings. The van der Waals surface area contributed by atoms with Crippen molar-refractivity contribution < 1.29 is 4.79 Å². The maximum absolute atomic E-state index is 12.4. The van der Waals surface area contributed by atoms with Gasteiger partial charge in [-0.05, 0) is 29.2 Å². The molecule has 0 spiro atoms. The standard InChI is InChI=1S/C20H22OSi/c1-22(2,17-11-7-4-8-12-17)20-14-13-19(21)18(20)15-16-9-5-3-6-10-16/h3-12,15,20H,13-14H2,1-2H3. The van der Waals surface area contributed by atoms with Gasteiger partial charge in [-0.2, -0.15) is 0 Å². The summed E-state index contributed by atoms with van der Waals surface area (Å²) < 4.78 is 0. The van der Waals surface area contributed by atoms with Gasteiger partial charge in [0.1, 0.15) is 0 Å². The van der Waals surface area contributed by atoms with Gasteiger partial charge >= 0.3 is 0 Å². The van der Waals surface area contributed by atoms with Crippen molar-refractivity contribution in [1.29, 1.82) is 0 Å². The highest BCUT2D eigenvalue weighted by Gasteiger charge is 2.41. The second-order valence-electron chi connectivity index (χ2n) is 6.61. The number of Topliss-reactive ketones (excluding diaryl/α,β-unsaturated/α-hetero) is 1. The number of benzene rings is 2. The molecule has 1 aliphatic carbocycles. The Morgan fingerprint density at radius 3 is 2.18 bits per heavy atom. The first kappa shape index (κ1) is 15.0. The van der Waals surface area contributed by atoms with E-state index in [1.54, 1.807) is 0 Å². The van der Waals surface area contributed by atoms with E-state index in [1.807, 2.05) is 18.2 Å². The van der Waals surface area contributed by atoms with E-state index in [-0.39, 0.29) is 0 Å². The van der Waals surface area contributed by atoms with Gasteiger partial charge in [0.2, 0.25) is 0 Å². The van der Waals surface area contributed by atoms with Crippen LogP contribution in [-0.2, 0) is 4.79 Å². The summed E-state index contributed by atoms with van der Waals surface area (Å²) in [6.45, 7) is 4.79. The number of carbonyl (C=O) groups is 1. The van der Waals surface area contributed by atoms with Gasteiger partial charge in [-0.15, -0.1) is 0 Å². The summed E-state index contributed by atoms with van der Waals surface area (Å²) in [5, 5.41) is 1.44. The summed E-state index contributed by atoms with van der Waals surface area (Å²) in [5.74, 6) is 0.338. The minimum Gasteiger partial charge on any atom is -0.295 e. The largest absolute Gasteiger partial charge is 0.295 e. The summed E-state index contributed by atoms with van der Waals surface area (Å²) in [6, 6.07) is 21.0. The third-order valence-electron chi connectivity index (χ3n) is 4.87. The van der Waals surface area contributed by atoms with Gasteiger partial charge in [-0.3, -0.25) is 4.79 Å². The first-order valence-electron chi connectivity index (χ1n) is 7.94. The van der Waals surface area contributed by atoms with E-state index < -0.39 is 8.07 Å². The molecule has 0 aliphatic heterocycles. The molecule has 112 valence electrons. The summed E-state index contributed by atoms with van der Waals surface area (Å²) in [4.78, 5) is 12.4. The van der Waals surface area contributed by atoms with Gasteiger partial charge in [-0.1, -0.05) is 78.9 Å². The molecule has 0 aromatic heterocycles. The Labute approximate surface area is 133 Å². The van der Waals surface area contributed by atoms with Crippen LogP contribution in [0.4, 0.5) is 0 Å². The minimum absolute atomic E-state index is 0.338. The zero-order valence-corrected chi connectivity index (χ0v) is 14.3. The van der Waals surface area contributed by atoms with Crippen molar-refractivity contribution >= 4 is 25.1 Å². The second kappa shape index (κ2) is 6.05. The van der Waals surface area contributed by atoms with E-state index >= 15 is 0 Å². The number of hydrogen-bond donors (Lipinski definition) is 0. The molecule has 0 radical (unpaired) electrons. The van der Waals surface area contributed by atoms with E-state index in [1.165, 1.54) is 5.19 Å². The van der Waals surface area contributed by atoms with Gasteiger partial charge in [0.05, 0.1) is 8.07 Å². The lowest BCUT2D eigenvalue weighted by Gasteiger charge is -2.30. The van der Waals surface area contributed by atoms with E-state index in [2.05, 4.69) is 61.6 Å². The average molecular weight is 306 g/mol. The molecule has 2 aromatic carbocycles. The molecule has 0 heterocycles. The van der Waals surface area contributed by atoms with Crippen molar-refractivity contribution in [2.45, 2.75) is 31.5 Å². The molecule has 3 rings (SSSR count). The summed E-state index contributed by atoms with van der Waals surface area (Å²) in [6.07, 6.45) is 3.83. The lowest BCUT2D eigenvalue weighted by atomic mass is 10.1. The SMILES string of the molecule is C[Si](C)(c1ccccc1)C1CCC(=O)C1=Cc1ccccc1. The normalized spacial score (nSPS) is 20.5. The summed E-state index contributed by atoms with van der Waals surface area (Å²) in [7, 11) is -1.69. The fraction of sp³-hybridized carbons (Fsp3) is 0.250. The van der Waals surface area contributed by atoms with Crippen molar-refractivity contribution in [3.8, 4) is 0 Å². The van der Waals surface area contributed by atoms with E-state index in [9.17, 15) is 4.79 Å². The first-order valence-corrected chi connectivity index (χ1v) is 11.0. The Hall–Kier alpha value is -1.93. The van der Waals surface area contributed by atoms with Crippen molar-refractivity contribution in [3.05, 3.63) is 71.8 Å². The molecule has 1 aliphatic rings. The van der Waals surface area contributed by atoms with E-state index in [0.717, 1.165) is 17.6 Å². The van der Waals surface area contributed by atoms with Gasteiger partial charge < -0.3 is 0 Å². The molecule has 1 unspecified atom stereocenters. The van der Waals surface area contributed by atoms with E-state index in [0.29, 0.717) is 17.7 Å². The van der Waals surface area contributed by atoms with Gasteiger partial charge in [0, 0.05) is 6.42 Å². The topological polar surface area (TPSA) is 17.1 Å². The highest BCUT2D eigenvalue weighted by molar-refractivity contribution is 6.92. The Balaban J connectivity index is 1.99. The molecule has 1 nitrogen and oxygen atoms in total. The second-order valence-corrected chi connectivity index (χ2v) is 11.3. The Bertz CT molecular complexity index is 686. The number of rotatable bonds is 3. The summed E-state index contributed by atoms with van der Waals surface area (Å²) in [5.41, 5.74) is 2.60. The monoisotopic (exact) mass is 306 g/mol. The molecule has 0 saturated heterocycles.